The Morgan fingerprint density at radius 2 is 1.19 bits per heavy atom. The van der Waals surface area contributed by atoms with Crippen molar-refractivity contribution in [3.05, 3.63) is 23.3 Å². The number of carbonyl (C=O) groups is 5. The molecule has 52 heavy (non-hydrogen) atoms. The monoisotopic (exact) mass is 724 g/mol. The van der Waals surface area contributed by atoms with Crippen molar-refractivity contribution in [3.63, 3.8) is 0 Å². The first kappa shape index (κ1) is 38.9. The predicted molar refractivity (Wildman–Crippen MR) is 191 cm³/mol. The van der Waals surface area contributed by atoms with E-state index in [1.165, 1.54) is 20.3 Å². The predicted octanol–water partition coefficient (Wildman–Crippen LogP) is 5.56. The molecule has 14 atom stereocenters. The molecule has 0 aromatic carbocycles. The van der Waals surface area contributed by atoms with Crippen molar-refractivity contribution in [2.75, 3.05) is 14.2 Å². The van der Waals surface area contributed by atoms with Crippen LogP contribution in [0.5, 0.6) is 0 Å². The number of rotatable bonds is 4. The van der Waals surface area contributed by atoms with Gasteiger partial charge in [0.1, 0.15) is 18.3 Å². The standard InChI is InChI=1S/C42H60O10/c1-21-23(19-28(43)50-8)11-14-26-31(21)32(45)34(47)36-39(3,4)27(15-18-41(26,36)6)52-29(44)20-24-12-13-25-30(22(24)2)33(46)35(48)37-40(25,5)16-10-17-42(37,7)38(49)51-9/h19-22,25-27,30-33,36-37,45-46H,10-18H2,1-9H3/b23-19+,24-20+/t21-,22-,25-,26-,27?,30-,31-,32+,33+,36-,37+,40+,41+,42-/m0/s1. The van der Waals surface area contributed by atoms with Crippen LogP contribution in [-0.2, 0) is 38.2 Å². The van der Waals surface area contributed by atoms with E-state index in [0.717, 1.165) is 30.4 Å². The second kappa shape index (κ2) is 13.5. The van der Waals surface area contributed by atoms with E-state index in [0.29, 0.717) is 38.5 Å². The van der Waals surface area contributed by atoms with E-state index in [1.807, 2.05) is 34.6 Å². The lowest BCUT2D eigenvalue weighted by Crippen LogP contribution is -2.66. The molecule has 6 aliphatic carbocycles. The number of aliphatic hydroxyl groups excluding tert-OH is 2. The summed E-state index contributed by atoms with van der Waals surface area (Å²) in [5, 5.41) is 23.2. The van der Waals surface area contributed by atoms with Crippen LogP contribution in [0.1, 0.15) is 106 Å². The molecule has 10 nitrogen and oxygen atoms in total. The Balaban J connectivity index is 1.20. The average Bonchev–Trinajstić information content (AvgIpc) is 3.08. The van der Waals surface area contributed by atoms with Gasteiger partial charge in [0, 0.05) is 41.2 Å². The van der Waals surface area contributed by atoms with Gasteiger partial charge in [0.25, 0.3) is 0 Å². The summed E-state index contributed by atoms with van der Waals surface area (Å²) in [5.41, 5.74) is -0.895. The van der Waals surface area contributed by atoms with Gasteiger partial charge < -0.3 is 24.4 Å². The first-order valence-corrected chi connectivity index (χ1v) is 19.5. The topological polar surface area (TPSA) is 154 Å². The van der Waals surface area contributed by atoms with E-state index in [9.17, 15) is 34.2 Å². The van der Waals surface area contributed by atoms with Gasteiger partial charge in [0.15, 0.2) is 11.6 Å². The molecular formula is C42H60O10. The fourth-order valence-electron chi connectivity index (χ4n) is 13.5. The summed E-state index contributed by atoms with van der Waals surface area (Å²) >= 11 is 0. The Kier molecular flexibility index (Phi) is 10.1. The fourth-order valence-corrected chi connectivity index (χ4v) is 13.5. The number of esters is 3. The number of ether oxygens (including phenoxy) is 3. The summed E-state index contributed by atoms with van der Waals surface area (Å²) in [7, 11) is 2.69. The molecule has 6 rings (SSSR count). The number of ketones is 2. The third-order valence-corrected chi connectivity index (χ3v) is 15.9. The Morgan fingerprint density at radius 3 is 1.71 bits per heavy atom. The third-order valence-electron chi connectivity index (χ3n) is 15.9. The number of hydrogen-bond acceptors (Lipinski definition) is 10. The molecule has 2 N–H and O–H groups in total. The summed E-state index contributed by atoms with van der Waals surface area (Å²) in [5.74, 6) is -4.06. The Labute approximate surface area is 308 Å². The number of hydrogen-bond donors (Lipinski definition) is 2. The van der Waals surface area contributed by atoms with Crippen molar-refractivity contribution in [2.24, 2.45) is 69.0 Å². The van der Waals surface area contributed by atoms with Gasteiger partial charge in [-0.2, -0.15) is 0 Å². The van der Waals surface area contributed by atoms with Crippen LogP contribution in [0.4, 0.5) is 0 Å². The van der Waals surface area contributed by atoms with Crippen molar-refractivity contribution < 1.29 is 48.4 Å². The number of allylic oxidation sites excluding steroid dienone is 2. The van der Waals surface area contributed by atoms with Crippen LogP contribution in [-0.4, -0.2) is 72.2 Å². The van der Waals surface area contributed by atoms with Crippen molar-refractivity contribution in [1.82, 2.24) is 0 Å². The summed E-state index contributed by atoms with van der Waals surface area (Å²) in [6.45, 7) is 14.0. The maximum absolute atomic E-state index is 14.2. The first-order chi connectivity index (χ1) is 24.3. The maximum Gasteiger partial charge on any atom is 0.331 e. The molecule has 6 fully saturated rings. The van der Waals surface area contributed by atoms with E-state index < -0.39 is 69.7 Å². The van der Waals surface area contributed by atoms with E-state index in [1.54, 1.807) is 6.08 Å². The molecule has 0 bridgehead atoms. The second-order valence-electron chi connectivity index (χ2n) is 18.6. The van der Waals surface area contributed by atoms with Gasteiger partial charge in [-0.25, -0.2) is 9.59 Å². The SMILES string of the molecule is COC(=O)/C=C1\CC[C@H]2[C@@H]([C@@H](O)C(=O)[C@H]3C(C)(C)C(OC(=O)/C=C4\CC[C@H]5[C@@H]([C@@H](O)C(=O)[C@@H]6[C@]5(C)CCC[C@]6(C)C(=O)OC)[C@H]4C)CC[C@]23C)[C@H]1C. The lowest BCUT2D eigenvalue weighted by atomic mass is 9.42. The van der Waals surface area contributed by atoms with Gasteiger partial charge >= 0.3 is 17.9 Å². The van der Waals surface area contributed by atoms with Gasteiger partial charge in [-0.3, -0.25) is 14.4 Å². The van der Waals surface area contributed by atoms with Gasteiger partial charge in [-0.15, -0.1) is 0 Å². The zero-order valence-corrected chi connectivity index (χ0v) is 32.5. The molecule has 288 valence electrons. The molecule has 0 aliphatic heterocycles. The number of aliphatic hydroxyl groups is 2. The van der Waals surface area contributed by atoms with Crippen molar-refractivity contribution in [1.29, 1.82) is 0 Å². The van der Waals surface area contributed by atoms with Crippen LogP contribution in [0.15, 0.2) is 23.3 Å². The van der Waals surface area contributed by atoms with Crippen molar-refractivity contribution in [2.45, 2.75) is 125 Å². The molecule has 0 amide bonds. The maximum atomic E-state index is 14.2. The molecule has 6 saturated carbocycles. The van der Waals surface area contributed by atoms with Gasteiger partial charge in [0.2, 0.25) is 0 Å². The highest BCUT2D eigenvalue weighted by atomic mass is 16.5. The summed E-state index contributed by atoms with van der Waals surface area (Å²) < 4.78 is 16.3. The normalized spacial score (nSPS) is 47.0. The Morgan fingerprint density at radius 1 is 0.692 bits per heavy atom. The molecule has 0 spiro atoms. The van der Waals surface area contributed by atoms with Crippen LogP contribution in [0.25, 0.3) is 0 Å². The van der Waals surface area contributed by atoms with E-state index in [-0.39, 0.29) is 47.1 Å². The minimum atomic E-state index is -1.25. The highest BCUT2D eigenvalue weighted by Gasteiger charge is 2.67. The van der Waals surface area contributed by atoms with Crippen LogP contribution in [0.2, 0.25) is 0 Å². The van der Waals surface area contributed by atoms with Gasteiger partial charge in [0.05, 0.1) is 19.6 Å². The van der Waals surface area contributed by atoms with Gasteiger partial charge in [-0.1, -0.05) is 59.1 Å². The number of carbonyl (C=O) groups excluding carboxylic acids is 5. The highest BCUT2D eigenvalue weighted by Crippen LogP contribution is 2.66. The minimum Gasteiger partial charge on any atom is -0.469 e. The van der Waals surface area contributed by atoms with Crippen LogP contribution in [0, 0.1) is 69.0 Å². The van der Waals surface area contributed by atoms with E-state index in [2.05, 4.69) is 13.8 Å². The molecule has 1 unspecified atom stereocenters. The smallest absolute Gasteiger partial charge is 0.331 e. The third kappa shape index (κ3) is 5.66. The summed E-state index contributed by atoms with van der Waals surface area (Å²) in [4.78, 5) is 67.0. The molecule has 0 aromatic rings. The van der Waals surface area contributed by atoms with Crippen molar-refractivity contribution >= 4 is 29.5 Å². The average molecular weight is 725 g/mol. The lowest BCUT2D eigenvalue weighted by molar-refractivity contribution is -0.202. The van der Waals surface area contributed by atoms with Crippen LogP contribution in [0.3, 0.4) is 0 Å². The lowest BCUT2D eigenvalue weighted by Gasteiger charge is -2.63. The number of fused-ring (bicyclic) bond motifs is 6. The Hall–Kier alpha value is -2.85. The Bertz CT molecular complexity index is 1580. The fraction of sp³-hybridized carbons (Fsp3) is 0.786. The van der Waals surface area contributed by atoms with E-state index >= 15 is 0 Å². The first-order valence-electron chi connectivity index (χ1n) is 19.5. The quantitative estimate of drug-likeness (QED) is 0.214. The minimum absolute atomic E-state index is 0.00489. The zero-order chi connectivity index (χ0) is 38.3. The molecule has 0 heterocycles. The number of methoxy groups -OCH3 is 2. The largest absolute Gasteiger partial charge is 0.469 e. The molecule has 10 heteroatoms. The molecule has 6 aliphatic rings. The molecular weight excluding hydrogens is 664 g/mol. The van der Waals surface area contributed by atoms with Crippen LogP contribution < -0.4 is 0 Å². The van der Waals surface area contributed by atoms with Gasteiger partial charge in [-0.05, 0) is 92.8 Å². The van der Waals surface area contributed by atoms with Crippen LogP contribution >= 0.6 is 0 Å². The molecule has 0 aromatic heterocycles. The van der Waals surface area contributed by atoms with E-state index in [4.69, 9.17) is 14.2 Å². The highest BCUT2D eigenvalue weighted by molar-refractivity contribution is 5.94. The van der Waals surface area contributed by atoms with Crippen molar-refractivity contribution in [3.8, 4) is 0 Å². The molecule has 0 radical (unpaired) electrons. The second-order valence-corrected chi connectivity index (χ2v) is 18.6. The number of Topliss-reactive ketones (excluding diaryl/α,β-unsaturated/α-hetero) is 2. The molecule has 0 saturated heterocycles. The summed E-state index contributed by atoms with van der Waals surface area (Å²) in [6.07, 6.45) is 6.15. The summed E-state index contributed by atoms with van der Waals surface area (Å²) in [6, 6.07) is 0. The zero-order valence-electron chi connectivity index (χ0n) is 32.5.